The molecule has 1 atom stereocenters. The third-order valence-electron chi connectivity index (χ3n) is 3.99. The van der Waals surface area contributed by atoms with E-state index in [4.69, 9.17) is 16.0 Å². The van der Waals surface area contributed by atoms with Crippen LogP contribution in [-0.2, 0) is 17.6 Å². The summed E-state index contributed by atoms with van der Waals surface area (Å²) in [5, 5.41) is 22.9. The zero-order chi connectivity index (χ0) is 17.8. The second-order valence-corrected chi connectivity index (χ2v) is 6.15. The van der Waals surface area contributed by atoms with Crippen molar-refractivity contribution in [2.24, 2.45) is 0 Å². The first-order valence-electron chi connectivity index (χ1n) is 7.90. The van der Waals surface area contributed by atoms with E-state index < -0.39 is 13.1 Å². The normalized spacial score (nSPS) is 12.1. The van der Waals surface area contributed by atoms with E-state index in [1.807, 2.05) is 48.5 Å². The second kappa shape index (κ2) is 7.74. The summed E-state index contributed by atoms with van der Waals surface area (Å²) in [6.07, 6.45) is 0.304. The lowest BCUT2D eigenvalue weighted by atomic mass is 9.75. The maximum Gasteiger partial charge on any atom is 0.475 e. The van der Waals surface area contributed by atoms with Crippen LogP contribution < -0.4 is 5.32 Å². The van der Waals surface area contributed by atoms with Crippen molar-refractivity contribution in [1.82, 2.24) is 5.32 Å². The fourth-order valence-electron chi connectivity index (χ4n) is 2.75. The third kappa shape index (κ3) is 4.23. The van der Waals surface area contributed by atoms with E-state index in [9.17, 15) is 14.8 Å². The van der Waals surface area contributed by atoms with Crippen LogP contribution in [0.1, 0.15) is 11.1 Å². The summed E-state index contributed by atoms with van der Waals surface area (Å²) in [5.74, 6) is -1.19. The van der Waals surface area contributed by atoms with Crippen molar-refractivity contribution in [2.75, 3.05) is 0 Å². The molecule has 7 heteroatoms. The SMILES string of the molecule is O=C(Cc1ccccc1)N[C@@H](Cc1c(Cl)oc2ccccc12)B(O)O. The second-order valence-electron chi connectivity index (χ2n) is 5.80. The number of fused-ring (bicyclic) bond motifs is 1. The van der Waals surface area contributed by atoms with Gasteiger partial charge in [0.15, 0.2) is 5.22 Å². The molecule has 1 amide bonds. The number of amides is 1. The molecule has 0 bridgehead atoms. The lowest BCUT2D eigenvalue weighted by molar-refractivity contribution is -0.120. The Morgan fingerprint density at radius 1 is 1.12 bits per heavy atom. The van der Waals surface area contributed by atoms with Crippen molar-refractivity contribution < 1.29 is 19.3 Å². The Kier molecular flexibility index (Phi) is 5.43. The van der Waals surface area contributed by atoms with Gasteiger partial charge in [-0.3, -0.25) is 4.79 Å². The standard InChI is InChI=1S/C18H17BClNO4/c20-18-14(13-8-4-5-9-15(13)25-18)11-16(19(23)24)21-17(22)10-12-6-2-1-3-7-12/h1-9,16,23-24H,10-11H2,(H,21,22)/t16-/m0/s1. The van der Waals surface area contributed by atoms with Crippen LogP contribution in [0.25, 0.3) is 11.0 Å². The summed E-state index contributed by atoms with van der Waals surface area (Å²) in [6, 6.07) is 16.5. The number of hydrogen-bond acceptors (Lipinski definition) is 4. The Bertz CT molecular complexity index is 866. The molecule has 0 fully saturated rings. The predicted molar refractivity (Wildman–Crippen MR) is 97.2 cm³/mol. The summed E-state index contributed by atoms with van der Waals surface area (Å²) in [7, 11) is -1.72. The van der Waals surface area contributed by atoms with E-state index in [1.165, 1.54) is 0 Å². The molecule has 1 heterocycles. The fourth-order valence-corrected chi connectivity index (χ4v) is 3.01. The summed E-state index contributed by atoms with van der Waals surface area (Å²) in [6.45, 7) is 0. The van der Waals surface area contributed by atoms with E-state index >= 15 is 0 Å². The molecule has 1 aromatic heterocycles. The molecule has 2 aromatic carbocycles. The highest BCUT2D eigenvalue weighted by Gasteiger charge is 2.28. The van der Waals surface area contributed by atoms with Crippen molar-refractivity contribution in [1.29, 1.82) is 0 Å². The number of para-hydroxylation sites is 1. The van der Waals surface area contributed by atoms with Gasteiger partial charge in [0.05, 0.1) is 12.4 Å². The zero-order valence-corrected chi connectivity index (χ0v) is 14.1. The highest BCUT2D eigenvalue weighted by Crippen LogP contribution is 2.30. The highest BCUT2D eigenvalue weighted by molar-refractivity contribution is 6.43. The van der Waals surface area contributed by atoms with Crippen molar-refractivity contribution in [3.05, 3.63) is 70.9 Å². The largest absolute Gasteiger partial charge is 0.475 e. The van der Waals surface area contributed by atoms with Gasteiger partial charge in [-0.1, -0.05) is 48.5 Å². The number of carbonyl (C=O) groups excluding carboxylic acids is 1. The van der Waals surface area contributed by atoms with Gasteiger partial charge in [-0.15, -0.1) is 0 Å². The molecular formula is C18H17BClNO4. The van der Waals surface area contributed by atoms with Crippen LogP contribution >= 0.6 is 11.6 Å². The van der Waals surface area contributed by atoms with Gasteiger partial charge in [0.25, 0.3) is 0 Å². The monoisotopic (exact) mass is 357 g/mol. The van der Waals surface area contributed by atoms with Gasteiger partial charge in [0.2, 0.25) is 5.91 Å². The summed E-state index contributed by atoms with van der Waals surface area (Å²) in [5.41, 5.74) is 2.10. The molecule has 128 valence electrons. The molecule has 0 aliphatic rings. The minimum atomic E-state index is -1.72. The number of halogens is 1. The van der Waals surface area contributed by atoms with Crippen molar-refractivity contribution in [3.63, 3.8) is 0 Å². The predicted octanol–water partition coefficient (Wildman–Crippen LogP) is 2.37. The van der Waals surface area contributed by atoms with Gasteiger partial charge in [0.1, 0.15) is 5.58 Å². The van der Waals surface area contributed by atoms with Gasteiger partial charge in [0, 0.05) is 10.9 Å². The van der Waals surface area contributed by atoms with Crippen molar-refractivity contribution >= 4 is 35.6 Å². The minimum absolute atomic E-state index is 0.147. The third-order valence-corrected chi connectivity index (χ3v) is 4.29. The first kappa shape index (κ1) is 17.5. The minimum Gasteiger partial charge on any atom is -0.444 e. The van der Waals surface area contributed by atoms with Gasteiger partial charge >= 0.3 is 7.12 Å². The molecule has 25 heavy (non-hydrogen) atoms. The molecular weight excluding hydrogens is 340 g/mol. The summed E-state index contributed by atoms with van der Waals surface area (Å²) in [4.78, 5) is 12.2. The van der Waals surface area contributed by atoms with Gasteiger partial charge < -0.3 is 19.8 Å². The highest BCUT2D eigenvalue weighted by atomic mass is 35.5. The number of carbonyl (C=O) groups is 1. The van der Waals surface area contributed by atoms with Crippen LogP contribution in [0.5, 0.6) is 0 Å². The average Bonchev–Trinajstić information content (AvgIpc) is 2.90. The van der Waals surface area contributed by atoms with Gasteiger partial charge in [-0.2, -0.15) is 0 Å². The van der Waals surface area contributed by atoms with Crippen LogP contribution in [-0.4, -0.2) is 29.0 Å². The molecule has 5 nitrogen and oxygen atoms in total. The topological polar surface area (TPSA) is 82.7 Å². The fraction of sp³-hybridized carbons (Fsp3) is 0.167. The lowest BCUT2D eigenvalue weighted by Crippen LogP contribution is -2.48. The van der Waals surface area contributed by atoms with Crippen LogP contribution in [0.2, 0.25) is 5.22 Å². The number of furan rings is 1. The Hall–Kier alpha value is -2.28. The van der Waals surface area contributed by atoms with E-state index in [2.05, 4.69) is 5.32 Å². The number of hydrogen-bond donors (Lipinski definition) is 3. The van der Waals surface area contributed by atoms with Crippen LogP contribution in [0.3, 0.4) is 0 Å². The van der Waals surface area contributed by atoms with Gasteiger partial charge in [-0.05, 0) is 29.7 Å². The number of nitrogens with one attached hydrogen (secondary N) is 1. The van der Waals surface area contributed by atoms with Crippen LogP contribution in [0.4, 0.5) is 0 Å². The van der Waals surface area contributed by atoms with E-state index in [1.54, 1.807) is 6.07 Å². The molecule has 3 rings (SSSR count). The molecule has 0 unspecified atom stereocenters. The molecule has 0 saturated heterocycles. The van der Waals surface area contributed by atoms with Crippen LogP contribution in [0, 0.1) is 0 Å². The first-order valence-corrected chi connectivity index (χ1v) is 8.27. The molecule has 3 N–H and O–H groups in total. The summed E-state index contributed by atoms with van der Waals surface area (Å²) < 4.78 is 5.47. The Morgan fingerprint density at radius 3 is 2.52 bits per heavy atom. The van der Waals surface area contributed by atoms with Crippen molar-refractivity contribution in [3.8, 4) is 0 Å². The van der Waals surface area contributed by atoms with Crippen LogP contribution in [0.15, 0.2) is 59.0 Å². The molecule has 0 aliphatic carbocycles. The summed E-state index contributed by atoms with van der Waals surface area (Å²) >= 11 is 6.14. The Morgan fingerprint density at radius 2 is 1.80 bits per heavy atom. The number of benzene rings is 2. The maximum atomic E-state index is 12.2. The Labute approximate surface area is 150 Å². The molecule has 0 aliphatic heterocycles. The maximum absolute atomic E-state index is 12.2. The van der Waals surface area contributed by atoms with E-state index in [0.29, 0.717) is 11.1 Å². The molecule has 3 aromatic rings. The number of rotatable bonds is 6. The average molecular weight is 358 g/mol. The molecule has 0 spiro atoms. The lowest BCUT2D eigenvalue weighted by Gasteiger charge is -2.17. The zero-order valence-electron chi connectivity index (χ0n) is 13.4. The van der Waals surface area contributed by atoms with Crippen molar-refractivity contribution in [2.45, 2.75) is 18.8 Å². The van der Waals surface area contributed by atoms with E-state index in [-0.39, 0.29) is 24.0 Å². The first-order chi connectivity index (χ1) is 12.0. The van der Waals surface area contributed by atoms with E-state index in [0.717, 1.165) is 10.9 Å². The molecule has 0 saturated carbocycles. The quantitative estimate of drug-likeness (QED) is 0.592. The Balaban J connectivity index is 1.75. The smallest absolute Gasteiger partial charge is 0.444 e. The van der Waals surface area contributed by atoms with Gasteiger partial charge in [-0.25, -0.2) is 0 Å². The molecule has 0 radical (unpaired) electrons.